The van der Waals surface area contributed by atoms with E-state index >= 15 is 0 Å². The minimum Gasteiger partial charge on any atom is -0.488 e. The number of benzene rings is 1. The summed E-state index contributed by atoms with van der Waals surface area (Å²) in [6.07, 6.45) is -0.276. The van der Waals surface area contributed by atoms with E-state index in [0.717, 1.165) is 37.8 Å². The highest BCUT2D eigenvalue weighted by atomic mass is 19.4. The number of ether oxygens (including phenoxy) is 1. The molecule has 110 valence electrons. The minimum absolute atomic E-state index is 0.0350. The number of hydrogen-bond acceptors (Lipinski definition) is 3. The molecule has 2 aliphatic heterocycles. The van der Waals surface area contributed by atoms with Gasteiger partial charge in [-0.1, -0.05) is 0 Å². The first-order valence-electron chi connectivity index (χ1n) is 6.81. The van der Waals surface area contributed by atoms with Gasteiger partial charge in [-0.25, -0.2) is 0 Å². The first-order valence-corrected chi connectivity index (χ1v) is 6.81. The van der Waals surface area contributed by atoms with Crippen molar-refractivity contribution in [2.75, 3.05) is 5.73 Å². The maximum Gasteiger partial charge on any atom is 0.416 e. The molecule has 3 rings (SSSR count). The quantitative estimate of drug-likeness (QED) is 0.822. The molecule has 2 heterocycles. The molecule has 1 aromatic carbocycles. The normalized spacial score (nSPS) is 29.4. The average molecular weight is 286 g/mol. The van der Waals surface area contributed by atoms with Gasteiger partial charge < -0.3 is 15.8 Å². The Hall–Kier alpha value is -1.43. The largest absolute Gasteiger partial charge is 0.488 e. The number of nitrogens with one attached hydrogen (secondary N) is 1. The third-order valence-corrected chi connectivity index (χ3v) is 4.06. The first kappa shape index (κ1) is 13.5. The van der Waals surface area contributed by atoms with Crippen LogP contribution in [0, 0.1) is 0 Å². The summed E-state index contributed by atoms with van der Waals surface area (Å²) >= 11 is 0. The second-order valence-corrected chi connectivity index (χ2v) is 5.60. The maximum atomic E-state index is 12.6. The van der Waals surface area contributed by atoms with Crippen LogP contribution in [0.2, 0.25) is 0 Å². The van der Waals surface area contributed by atoms with Gasteiger partial charge in [0.2, 0.25) is 0 Å². The van der Waals surface area contributed by atoms with E-state index in [1.165, 1.54) is 6.07 Å². The summed E-state index contributed by atoms with van der Waals surface area (Å²) in [5.41, 5.74) is 4.98. The van der Waals surface area contributed by atoms with Crippen molar-refractivity contribution in [3.05, 3.63) is 23.8 Å². The first-order chi connectivity index (χ1) is 9.41. The Bertz CT molecular complexity index is 492. The van der Waals surface area contributed by atoms with Gasteiger partial charge in [0, 0.05) is 12.1 Å². The fourth-order valence-corrected chi connectivity index (χ4v) is 3.11. The third kappa shape index (κ3) is 2.70. The van der Waals surface area contributed by atoms with Crippen LogP contribution in [0.15, 0.2) is 18.2 Å². The van der Waals surface area contributed by atoms with Crippen LogP contribution in [0.4, 0.5) is 18.9 Å². The number of piperidine rings is 1. The number of anilines is 1. The molecular formula is C14H17F3N2O. The number of nitrogen functional groups attached to an aromatic ring is 1. The Balaban J connectivity index is 1.72. The molecular weight excluding hydrogens is 269 g/mol. The van der Waals surface area contributed by atoms with E-state index in [4.69, 9.17) is 10.5 Å². The van der Waals surface area contributed by atoms with Gasteiger partial charge in [0.05, 0.1) is 11.3 Å². The predicted molar refractivity (Wildman–Crippen MR) is 69.5 cm³/mol. The lowest BCUT2D eigenvalue weighted by Gasteiger charge is -2.30. The Morgan fingerprint density at radius 3 is 2.35 bits per heavy atom. The van der Waals surface area contributed by atoms with Gasteiger partial charge >= 0.3 is 6.18 Å². The van der Waals surface area contributed by atoms with E-state index in [0.29, 0.717) is 17.8 Å². The number of fused-ring (bicyclic) bond motifs is 2. The molecule has 1 aromatic rings. The minimum atomic E-state index is -4.37. The van der Waals surface area contributed by atoms with Gasteiger partial charge in [0.1, 0.15) is 11.9 Å². The smallest absolute Gasteiger partial charge is 0.416 e. The Morgan fingerprint density at radius 2 is 1.80 bits per heavy atom. The Morgan fingerprint density at radius 1 is 1.15 bits per heavy atom. The molecule has 0 aliphatic carbocycles. The Kier molecular flexibility index (Phi) is 3.28. The zero-order valence-corrected chi connectivity index (χ0v) is 10.9. The van der Waals surface area contributed by atoms with Crippen LogP contribution >= 0.6 is 0 Å². The summed E-state index contributed by atoms with van der Waals surface area (Å²) in [6, 6.07) is 4.21. The fourth-order valence-electron chi connectivity index (χ4n) is 3.11. The standard InChI is InChI=1S/C14H17F3N2O/c15-14(16,17)8-1-4-13(12(18)5-8)20-11-6-9-2-3-10(7-11)19-9/h1,4-5,9-11,19H,2-3,6-7,18H2. The predicted octanol–water partition coefficient (Wildman–Crippen LogP) is 2.95. The molecule has 6 heteroatoms. The van der Waals surface area contributed by atoms with Crippen molar-refractivity contribution in [2.45, 2.75) is 50.0 Å². The van der Waals surface area contributed by atoms with Gasteiger partial charge in [-0.3, -0.25) is 0 Å². The van der Waals surface area contributed by atoms with Crippen LogP contribution in [0.1, 0.15) is 31.2 Å². The molecule has 0 amide bonds. The highest BCUT2D eigenvalue weighted by molar-refractivity contribution is 5.54. The van der Waals surface area contributed by atoms with Crippen molar-refractivity contribution in [2.24, 2.45) is 0 Å². The van der Waals surface area contributed by atoms with Crippen molar-refractivity contribution in [1.29, 1.82) is 0 Å². The van der Waals surface area contributed by atoms with Gasteiger partial charge in [-0.2, -0.15) is 13.2 Å². The van der Waals surface area contributed by atoms with E-state index in [1.807, 2.05) is 0 Å². The lowest BCUT2D eigenvalue weighted by molar-refractivity contribution is -0.137. The molecule has 3 N–H and O–H groups in total. The molecule has 2 saturated heterocycles. The van der Waals surface area contributed by atoms with Crippen molar-refractivity contribution >= 4 is 5.69 Å². The summed E-state index contributed by atoms with van der Waals surface area (Å²) in [4.78, 5) is 0. The zero-order valence-electron chi connectivity index (χ0n) is 10.9. The number of alkyl halides is 3. The number of nitrogens with two attached hydrogens (primary N) is 1. The SMILES string of the molecule is Nc1cc(C(F)(F)F)ccc1OC1CC2CCC(C1)N2. The lowest BCUT2D eigenvalue weighted by Crippen LogP contribution is -2.42. The molecule has 0 radical (unpaired) electrons. The molecule has 2 fully saturated rings. The van der Waals surface area contributed by atoms with Crippen molar-refractivity contribution in [1.82, 2.24) is 5.32 Å². The molecule has 2 unspecified atom stereocenters. The summed E-state index contributed by atoms with van der Waals surface area (Å²) in [5, 5.41) is 3.49. The summed E-state index contributed by atoms with van der Waals surface area (Å²) in [5.74, 6) is 0.351. The number of rotatable bonds is 2. The monoisotopic (exact) mass is 286 g/mol. The molecule has 3 nitrogen and oxygen atoms in total. The number of hydrogen-bond donors (Lipinski definition) is 2. The van der Waals surface area contributed by atoms with Crippen LogP contribution in [0.3, 0.4) is 0 Å². The zero-order chi connectivity index (χ0) is 14.3. The van der Waals surface area contributed by atoms with Crippen molar-refractivity contribution < 1.29 is 17.9 Å². The summed E-state index contributed by atoms with van der Waals surface area (Å²) < 4.78 is 43.5. The number of halogens is 3. The van der Waals surface area contributed by atoms with Crippen LogP contribution < -0.4 is 15.8 Å². The summed E-state index contributed by atoms with van der Waals surface area (Å²) in [6.45, 7) is 0. The van der Waals surface area contributed by atoms with Gasteiger partial charge in [-0.05, 0) is 43.9 Å². The van der Waals surface area contributed by atoms with Crippen LogP contribution in [-0.4, -0.2) is 18.2 Å². The van der Waals surface area contributed by atoms with Crippen LogP contribution in [0.5, 0.6) is 5.75 Å². The van der Waals surface area contributed by atoms with E-state index in [2.05, 4.69) is 5.32 Å². The molecule has 0 aromatic heterocycles. The maximum absolute atomic E-state index is 12.6. The van der Waals surface area contributed by atoms with Crippen molar-refractivity contribution in [3.63, 3.8) is 0 Å². The van der Waals surface area contributed by atoms with E-state index < -0.39 is 11.7 Å². The van der Waals surface area contributed by atoms with E-state index in [-0.39, 0.29) is 11.8 Å². The van der Waals surface area contributed by atoms with Crippen LogP contribution in [0.25, 0.3) is 0 Å². The molecule has 20 heavy (non-hydrogen) atoms. The second kappa shape index (κ2) is 4.84. The highest BCUT2D eigenvalue weighted by Crippen LogP contribution is 2.35. The second-order valence-electron chi connectivity index (χ2n) is 5.60. The third-order valence-electron chi connectivity index (χ3n) is 4.06. The van der Waals surface area contributed by atoms with Gasteiger partial charge in [-0.15, -0.1) is 0 Å². The molecule has 2 aliphatic rings. The van der Waals surface area contributed by atoms with E-state index in [9.17, 15) is 13.2 Å². The van der Waals surface area contributed by atoms with E-state index in [1.54, 1.807) is 0 Å². The molecule has 2 atom stereocenters. The fraction of sp³-hybridized carbons (Fsp3) is 0.571. The highest BCUT2D eigenvalue weighted by Gasteiger charge is 2.35. The van der Waals surface area contributed by atoms with Crippen LogP contribution in [-0.2, 0) is 6.18 Å². The topological polar surface area (TPSA) is 47.3 Å². The Labute approximate surface area is 115 Å². The van der Waals surface area contributed by atoms with Gasteiger partial charge in [0.15, 0.2) is 0 Å². The molecule has 2 bridgehead atoms. The lowest BCUT2D eigenvalue weighted by atomic mass is 10.0. The van der Waals surface area contributed by atoms with Gasteiger partial charge in [0.25, 0.3) is 0 Å². The summed E-state index contributed by atoms with van der Waals surface area (Å²) in [7, 11) is 0. The van der Waals surface area contributed by atoms with Crippen molar-refractivity contribution in [3.8, 4) is 5.75 Å². The molecule has 0 saturated carbocycles. The molecule has 0 spiro atoms. The average Bonchev–Trinajstić information content (AvgIpc) is 2.70.